The Hall–Kier alpha value is -3.09. The van der Waals surface area contributed by atoms with Crippen molar-refractivity contribution in [2.45, 2.75) is 6.92 Å². The highest BCUT2D eigenvalue weighted by atomic mass is 16.6. The number of nitro groups is 1. The molecule has 0 aliphatic carbocycles. The number of hydrogen-bond donors (Lipinski definition) is 2. The van der Waals surface area contributed by atoms with E-state index in [4.69, 9.17) is 15.7 Å². The Labute approximate surface area is 120 Å². The predicted octanol–water partition coefficient (Wildman–Crippen LogP) is 2.79. The van der Waals surface area contributed by atoms with E-state index in [0.29, 0.717) is 11.3 Å². The summed E-state index contributed by atoms with van der Waals surface area (Å²) in [5.74, 6) is 0.543. The topological polar surface area (TPSA) is 111 Å². The number of nitrogens with two attached hydrogens (primary N) is 1. The molecule has 0 aliphatic heterocycles. The van der Waals surface area contributed by atoms with Gasteiger partial charge in [-0.15, -0.1) is 0 Å². The minimum Gasteiger partial charge on any atom is -0.450 e. The number of oxime groups is 1. The lowest BCUT2D eigenvalue weighted by atomic mass is 10.2. The molecule has 0 spiro atoms. The summed E-state index contributed by atoms with van der Waals surface area (Å²) in [6.07, 6.45) is 0. The van der Waals surface area contributed by atoms with Gasteiger partial charge in [0.1, 0.15) is 5.75 Å². The molecule has 0 bridgehead atoms. The van der Waals surface area contributed by atoms with Gasteiger partial charge in [-0.05, 0) is 42.8 Å². The summed E-state index contributed by atoms with van der Waals surface area (Å²) in [6, 6.07) is 11.1. The average Bonchev–Trinajstić information content (AvgIpc) is 2.49. The number of hydrogen-bond acceptors (Lipinski definition) is 5. The quantitative estimate of drug-likeness (QED) is 0.295. The van der Waals surface area contributed by atoms with E-state index in [-0.39, 0.29) is 17.3 Å². The smallest absolute Gasteiger partial charge is 0.311 e. The number of ether oxygens (including phenoxy) is 1. The van der Waals surface area contributed by atoms with Gasteiger partial charge in [-0.1, -0.05) is 11.2 Å². The molecule has 0 radical (unpaired) electrons. The van der Waals surface area contributed by atoms with Crippen molar-refractivity contribution < 1.29 is 14.9 Å². The highest BCUT2D eigenvalue weighted by Gasteiger charge is 2.15. The zero-order valence-corrected chi connectivity index (χ0v) is 11.2. The normalized spacial score (nSPS) is 11.2. The van der Waals surface area contributed by atoms with Crippen molar-refractivity contribution in [1.29, 1.82) is 0 Å². The van der Waals surface area contributed by atoms with Gasteiger partial charge in [0.2, 0.25) is 5.75 Å². The van der Waals surface area contributed by atoms with Gasteiger partial charge in [-0.3, -0.25) is 10.1 Å². The first-order valence-electron chi connectivity index (χ1n) is 6.02. The first-order chi connectivity index (χ1) is 10.0. The van der Waals surface area contributed by atoms with Crippen LogP contribution in [0.5, 0.6) is 11.5 Å². The van der Waals surface area contributed by atoms with Crippen molar-refractivity contribution in [2.75, 3.05) is 0 Å². The van der Waals surface area contributed by atoms with E-state index in [2.05, 4.69) is 5.16 Å². The van der Waals surface area contributed by atoms with Crippen LogP contribution >= 0.6 is 0 Å². The van der Waals surface area contributed by atoms with Crippen molar-refractivity contribution in [3.63, 3.8) is 0 Å². The fourth-order valence-electron chi connectivity index (χ4n) is 1.73. The van der Waals surface area contributed by atoms with Gasteiger partial charge >= 0.3 is 5.69 Å². The second-order valence-corrected chi connectivity index (χ2v) is 4.34. The van der Waals surface area contributed by atoms with Crippen molar-refractivity contribution in [3.05, 3.63) is 63.7 Å². The molecule has 7 heteroatoms. The van der Waals surface area contributed by atoms with E-state index in [1.165, 1.54) is 6.07 Å². The minimum atomic E-state index is -0.493. The first kappa shape index (κ1) is 14.3. The Balaban J connectivity index is 2.28. The Morgan fingerprint density at radius 2 is 1.95 bits per heavy atom. The molecule has 0 heterocycles. The Kier molecular flexibility index (Phi) is 4.03. The monoisotopic (exact) mass is 287 g/mol. The standard InChI is InChI=1S/C14H13N3O4/c1-9-2-7-13(12(8-9)17(19)20)21-11-5-3-10(4-6-11)14(15)16-18/h2-8,18H,1H3,(H2,15,16). The molecule has 0 amide bonds. The summed E-state index contributed by atoms with van der Waals surface area (Å²) in [7, 11) is 0. The number of nitrogens with zero attached hydrogens (tertiary/aromatic N) is 2. The molecule has 21 heavy (non-hydrogen) atoms. The van der Waals surface area contributed by atoms with Crippen molar-refractivity contribution in [3.8, 4) is 11.5 Å². The van der Waals surface area contributed by atoms with Gasteiger partial charge in [0.25, 0.3) is 0 Å². The van der Waals surface area contributed by atoms with E-state index < -0.39 is 4.92 Å². The Bertz CT molecular complexity index is 696. The summed E-state index contributed by atoms with van der Waals surface area (Å²) >= 11 is 0. The number of rotatable bonds is 4. The lowest BCUT2D eigenvalue weighted by molar-refractivity contribution is -0.385. The molecule has 2 rings (SSSR count). The zero-order valence-electron chi connectivity index (χ0n) is 11.2. The molecule has 7 nitrogen and oxygen atoms in total. The van der Waals surface area contributed by atoms with Crippen LogP contribution in [0.15, 0.2) is 47.6 Å². The largest absolute Gasteiger partial charge is 0.450 e. The summed E-state index contributed by atoms with van der Waals surface area (Å²) in [5.41, 5.74) is 6.64. The van der Waals surface area contributed by atoms with Crippen LogP contribution in [-0.4, -0.2) is 16.0 Å². The predicted molar refractivity (Wildman–Crippen MR) is 76.9 cm³/mol. The van der Waals surface area contributed by atoms with Crippen molar-refractivity contribution in [2.24, 2.45) is 10.9 Å². The summed E-state index contributed by atoms with van der Waals surface area (Å²) in [4.78, 5) is 10.5. The average molecular weight is 287 g/mol. The molecule has 108 valence electrons. The molecule has 0 aromatic heterocycles. The second kappa shape index (κ2) is 5.91. The molecule has 0 atom stereocenters. The Morgan fingerprint density at radius 3 is 2.52 bits per heavy atom. The third kappa shape index (κ3) is 3.27. The van der Waals surface area contributed by atoms with Crippen LogP contribution in [0.1, 0.15) is 11.1 Å². The second-order valence-electron chi connectivity index (χ2n) is 4.34. The van der Waals surface area contributed by atoms with Gasteiger partial charge in [-0.2, -0.15) is 0 Å². The fourth-order valence-corrected chi connectivity index (χ4v) is 1.73. The highest BCUT2D eigenvalue weighted by Crippen LogP contribution is 2.32. The molecular formula is C14H13N3O4. The third-order valence-electron chi connectivity index (χ3n) is 2.80. The SMILES string of the molecule is Cc1ccc(Oc2ccc(C(N)=NO)cc2)c([N+](=O)[O-])c1. The zero-order chi connectivity index (χ0) is 15.4. The van der Waals surface area contributed by atoms with Crippen LogP contribution in [0.25, 0.3) is 0 Å². The molecule has 0 saturated carbocycles. The lowest BCUT2D eigenvalue weighted by Crippen LogP contribution is -2.12. The summed E-state index contributed by atoms with van der Waals surface area (Å²) < 4.78 is 5.51. The maximum absolute atomic E-state index is 11.0. The maximum Gasteiger partial charge on any atom is 0.311 e. The number of aryl methyl sites for hydroxylation is 1. The maximum atomic E-state index is 11.0. The van der Waals surface area contributed by atoms with Crippen LogP contribution in [0, 0.1) is 17.0 Å². The highest BCUT2D eigenvalue weighted by molar-refractivity contribution is 5.97. The number of benzene rings is 2. The number of nitro benzene ring substituents is 1. The molecule has 3 N–H and O–H groups in total. The van der Waals surface area contributed by atoms with Gasteiger partial charge in [0, 0.05) is 11.6 Å². The van der Waals surface area contributed by atoms with Crippen LogP contribution in [0.2, 0.25) is 0 Å². The van der Waals surface area contributed by atoms with Gasteiger partial charge < -0.3 is 15.7 Å². The van der Waals surface area contributed by atoms with E-state index in [0.717, 1.165) is 5.56 Å². The molecule has 0 fully saturated rings. The first-order valence-corrected chi connectivity index (χ1v) is 6.02. The van der Waals surface area contributed by atoms with Gasteiger partial charge in [0.05, 0.1) is 4.92 Å². The van der Waals surface area contributed by atoms with Crippen molar-refractivity contribution in [1.82, 2.24) is 0 Å². The molecule has 0 saturated heterocycles. The molecule has 2 aromatic rings. The van der Waals surface area contributed by atoms with Crippen LogP contribution in [0.3, 0.4) is 0 Å². The molecular weight excluding hydrogens is 274 g/mol. The Morgan fingerprint density at radius 1 is 1.29 bits per heavy atom. The van der Waals surface area contributed by atoms with Gasteiger partial charge in [0.15, 0.2) is 5.84 Å². The molecule has 2 aromatic carbocycles. The van der Waals surface area contributed by atoms with E-state index >= 15 is 0 Å². The lowest BCUT2D eigenvalue weighted by Gasteiger charge is -2.07. The third-order valence-corrected chi connectivity index (χ3v) is 2.80. The van der Waals surface area contributed by atoms with Crippen molar-refractivity contribution >= 4 is 11.5 Å². The summed E-state index contributed by atoms with van der Waals surface area (Å²) in [5, 5.41) is 22.5. The van der Waals surface area contributed by atoms with Crippen LogP contribution < -0.4 is 10.5 Å². The van der Waals surface area contributed by atoms with Gasteiger partial charge in [-0.25, -0.2) is 0 Å². The molecule has 0 unspecified atom stereocenters. The molecule has 0 aliphatic rings. The van der Waals surface area contributed by atoms with Crippen LogP contribution in [0.4, 0.5) is 5.69 Å². The van der Waals surface area contributed by atoms with E-state index in [1.54, 1.807) is 43.3 Å². The summed E-state index contributed by atoms with van der Waals surface area (Å²) in [6.45, 7) is 1.77. The van der Waals surface area contributed by atoms with Crippen LogP contribution in [-0.2, 0) is 0 Å². The fraction of sp³-hybridized carbons (Fsp3) is 0.0714. The number of amidine groups is 1. The minimum absolute atomic E-state index is 0.0251. The van der Waals surface area contributed by atoms with E-state index in [9.17, 15) is 10.1 Å². The van der Waals surface area contributed by atoms with E-state index in [1.807, 2.05) is 0 Å².